The molecule has 0 spiro atoms. The fraction of sp³-hybridized carbons (Fsp3) is 0.292. The molecule has 5 N–H and O–H groups in total. The molecule has 0 bridgehead atoms. The van der Waals surface area contributed by atoms with Gasteiger partial charge in [-0.3, -0.25) is 4.98 Å². The summed E-state index contributed by atoms with van der Waals surface area (Å²) in [6.07, 6.45) is -2.71. The highest BCUT2D eigenvalue weighted by atomic mass is 35.5. The molecule has 0 unspecified atom stereocenters. The van der Waals surface area contributed by atoms with Crippen LogP contribution >= 0.6 is 11.6 Å². The normalized spacial score (nSPS) is 27.3. The molecule has 33 heavy (non-hydrogen) atoms. The van der Waals surface area contributed by atoms with Gasteiger partial charge < -0.3 is 35.0 Å². The first-order chi connectivity index (χ1) is 15.8. The van der Waals surface area contributed by atoms with Gasteiger partial charge in [0.25, 0.3) is 0 Å². The number of hydrogen-bond donors (Lipinski definition) is 5. The van der Waals surface area contributed by atoms with Gasteiger partial charge in [0.1, 0.15) is 35.9 Å². The fourth-order valence-corrected chi connectivity index (χ4v) is 3.95. The van der Waals surface area contributed by atoms with E-state index in [4.69, 9.17) is 21.1 Å². The fourth-order valence-electron chi connectivity index (χ4n) is 3.76. The molecule has 4 rings (SSSR count). The second-order valence-electron chi connectivity index (χ2n) is 7.88. The van der Waals surface area contributed by atoms with Gasteiger partial charge in [-0.25, -0.2) is 0 Å². The van der Waals surface area contributed by atoms with Crippen LogP contribution in [0.3, 0.4) is 0 Å². The van der Waals surface area contributed by atoms with E-state index in [1.807, 2.05) is 24.3 Å². The number of nitrogens with zero attached hydrogens (tertiary/aromatic N) is 1. The summed E-state index contributed by atoms with van der Waals surface area (Å²) < 4.78 is 11.1. The summed E-state index contributed by atoms with van der Waals surface area (Å²) in [5, 5.41) is 51.4. The maximum atomic E-state index is 11.0. The Morgan fingerprint density at radius 2 is 1.76 bits per heavy atom. The lowest BCUT2D eigenvalue weighted by molar-refractivity contribution is -0.357. The Balaban J connectivity index is 1.55. The Morgan fingerprint density at radius 1 is 1.00 bits per heavy atom. The number of hydrogen-bond acceptors (Lipinski definition) is 8. The van der Waals surface area contributed by atoms with Crippen LogP contribution in [0.4, 0.5) is 0 Å². The molecule has 1 saturated heterocycles. The summed E-state index contributed by atoms with van der Waals surface area (Å²) in [5.41, 5.74) is 1.68. The zero-order chi connectivity index (χ0) is 23.6. The topological polar surface area (TPSA) is 132 Å². The van der Waals surface area contributed by atoms with E-state index in [-0.39, 0.29) is 5.56 Å². The van der Waals surface area contributed by atoms with Gasteiger partial charge >= 0.3 is 0 Å². The summed E-state index contributed by atoms with van der Waals surface area (Å²) in [7, 11) is 0. The first-order valence-electron chi connectivity index (χ1n) is 10.3. The van der Waals surface area contributed by atoms with Gasteiger partial charge in [0.05, 0.1) is 12.8 Å². The predicted octanol–water partition coefficient (Wildman–Crippen LogP) is 1.74. The molecular formula is C24H24ClNO7. The number of aliphatic hydroxyl groups is 5. The van der Waals surface area contributed by atoms with Crippen molar-refractivity contribution >= 4 is 11.6 Å². The van der Waals surface area contributed by atoms with E-state index in [2.05, 4.69) is 4.98 Å². The minimum atomic E-state index is -2.34. The molecule has 0 saturated carbocycles. The minimum absolute atomic E-state index is 0.135. The number of halogens is 1. The number of aliphatic hydroxyl groups excluding tert-OH is 4. The minimum Gasteiger partial charge on any atom is -0.456 e. The van der Waals surface area contributed by atoms with Crippen molar-refractivity contribution in [2.75, 3.05) is 6.61 Å². The Kier molecular flexibility index (Phi) is 6.96. The van der Waals surface area contributed by atoms with E-state index in [0.717, 1.165) is 5.56 Å². The number of aromatic nitrogens is 1. The van der Waals surface area contributed by atoms with Crippen molar-refractivity contribution in [3.8, 4) is 11.5 Å². The van der Waals surface area contributed by atoms with Crippen LogP contribution in [0, 0.1) is 0 Å². The summed E-state index contributed by atoms with van der Waals surface area (Å²) >= 11 is 6.37. The zero-order valence-corrected chi connectivity index (χ0v) is 18.2. The van der Waals surface area contributed by atoms with Crippen molar-refractivity contribution in [2.45, 2.75) is 36.6 Å². The lowest BCUT2D eigenvalue weighted by atomic mass is 9.87. The molecule has 0 aliphatic carbocycles. The maximum absolute atomic E-state index is 11.0. The molecule has 174 valence electrons. The molecule has 1 aromatic heterocycles. The van der Waals surface area contributed by atoms with E-state index in [0.29, 0.717) is 28.5 Å². The molecule has 2 aromatic carbocycles. The number of pyridine rings is 1. The smallest absolute Gasteiger partial charge is 0.222 e. The van der Waals surface area contributed by atoms with Crippen molar-refractivity contribution in [1.82, 2.24) is 4.98 Å². The Labute approximate surface area is 195 Å². The number of rotatable bonds is 6. The quantitative estimate of drug-likeness (QED) is 0.365. The monoisotopic (exact) mass is 473 g/mol. The molecular weight excluding hydrogens is 450 g/mol. The molecule has 0 amide bonds. The van der Waals surface area contributed by atoms with Crippen molar-refractivity contribution in [3.63, 3.8) is 0 Å². The summed E-state index contributed by atoms with van der Waals surface area (Å²) in [5.74, 6) is -1.08. The third-order valence-corrected chi connectivity index (χ3v) is 5.98. The molecule has 8 nitrogen and oxygen atoms in total. The molecule has 2 heterocycles. The summed E-state index contributed by atoms with van der Waals surface area (Å²) in [4.78, 5) is 4.01. The third kappa shape index (κ3) is 4.87. The molecule has 1 aliphatic heterocycles. The van der Waals surface area contributed by atoms with E-state index < -0.39 is 36.8 Å². The van der Waals surface area contributed by atoms with Gasteiger partial charge in [0.15, 0.2) is 0 Å². The SMILES string of the molecule is OC[C@H]1O[C@@](O)(c2ccc(Cl)c(Cc3ccc(Oc4cccnc4)cc3)c2)[C@H](O)[C@@H](O)[C@@H]1O. The van der Waals surface area contributed by atoms with E-state index in [1.165, 1.54) is 6.07 Å². The van der Waals surface area contributed by atoms with Crippen LogP contribution in [0.25, 0.3) is 0 Å². The average Bonchev–Trinajstić information content (AvgIpc) is 2.83. The first-order valence-corrected chi connectivity index (χ1v) is 10.7. The lowest BCUT2D eigenvalue weighted by Crippen LogP contribution is -2.63. The van der Waals surface area contributed by atoms with Crippen LogP contribution in [0.2, 0.25) is 5.02 Å². The van der Waals surface area contributed by atoms with Gasteiger partial charge in [-0.1, -0.05) is 29.8 Å². The van der Waals surface area contributed by atoms with Crippen LogP contribution in [0.5, 0.6) is 11.5 Å². The van der Waals surface area contributed by atoms with Crippen molar-refractivity contribution in [1.29, 1.82) is 0 Å². The van der Waals surface area contributed by atoms with Crippen molar-refractivity contribution in [3.05, 3.63) is 88.7 Å². The van der Waals surface area contributed by atoms with Gasteiger partial charge in [0, 0.05) is 16.8 Å². The number of ether oxygens (including phenoxy) is 2. The molecule has 5 atom stereocenters. The second-order valence-corrected chi connectivity index (χ2v) is 8.29. The Bertz CT molecular complexity index is 1080. The molecule has 1 fully saturated rings. The Morgan fingerprint density at radius 3 is 2.42 bits per heavy atom. The van der Waals surface area contributed by atoms with Gasteiger partial charge in [0.2, 0.25) is 5.79 Å². The Hall–Kier alpha value is -2.56. The van der Waals surface area contributed by atoms with E-state index >= 15 is 0 Å². The summed E-state index contributed by atoms with van der Waals surface area (Å²) in [6.45, 7) is -0.652. The first kappa shape index (κ1) is 23.6. The van der Waals surface area contributed by atoms with Crippen LogP contribution < -0.4 is 4.74 Å². The van der Waals surface area contributed by atoms with Crippen LogP contribution in [-0.2, 0) is 16.9 Å². The average molecular weight is 474 g/mol. The molecule has 1 aliphatic rings. The zero-order valence-electron chi connectivity index (χ0n) is 17.5. The van der Waals surface area contributed by atoms with Crippen LogP contribution in [0.1, 0.15) is 16.7 Å². The highest BCUT2D eigenvalue weighted by Crippen LogP contribution is 2.38. The maximum Gasteiger partial charge on any atom is 0.222 e. The number of benzene rings is 2. The third-order valence-electron chi connectivity index (χ3n) is 5.61. The van der Waals surface area contributed by atoms with Crippen LogP contribution in [0.15, 0.2) is 67.0 Å². The molecule has 3 aromatic rings. The lowest BCUT2D eigenvalue weighted by Gasteiger charge is -2.45. The van der Waals surface area contributed by atoms with Gasteiger partial charge in [-0.2, -0.15) is 0 Å². The van der Waals surface area contributed by atoms with E-state index in [9.17, 15) is 25.5 Å². The van der Waals surface area contributed by atoms with Crippen molar-refractivity contribution < 1.29 is 35.0 Å². The largest absolute Gasteiger partial charge is 0.456 e. The highest BCUT2D eigenvalue weighted by molar-refractivity contribution is 6.31. The standard InChI is InChI=1S/C24H24ClNO7/c25-19-8-5-16(24(31)23(30)22(29)21(28)20(13-27)33-24)11-15(19)10-14-3-6-17(7-4-14)32-18-2-1-9-26-12-18/h1-9,11-12,20-23,27-31H,10,13H2/t20-,21-,22+,23-,24+/m1/s1. The van der Waals surface area contributed by atoms with Gasteiger partial charge in [-0.15, -0.1) is 0 Å². The molecule has 0 radical (unpaired) electrons. The van der Waals surface area contributed by atoms with Crippen LogP contribution in [-0.4, -0.2) is 61.5 Å². The molecule has 9 heteroatoms. The van der Waals surface area contributed by atoms with Gasteiger partial charge in [-0.05, 0) is 53.9 Å². The highest BCUT2D eigenvalue weighted by Gasteiger charge is 2.53. The van der Waals surface area contributed by atoms with E-state index in [1.54, 1.807) is 36.7 Å². The summed E-state index contributed by atoms with van der Waals surface area (Å²) in [6, 6.07) is 15.5. The second kappa shape index (κ2) is 9.74. The van der Waals surface area contributed by atoms with Crippen molar-refractivity contribution in [2.24, 2.45) is 0 Å². The predicted molar refractivity (Wildman–Crippen MR) is 119 cm³/mol.